The van der Waals surface area contributed by atoms with E-state index >= 15 is 0 Å². The van der Waals surface area contributed by atoms with E-state index in [1.165, 1.54) is 9.75 Å². The van der Waals surface area contributed by atoms with Crippen LogP contribution >= 0.6 is 22.7 Å². The van der Waals surface area contributed by atoms with E-state index in [-0.39, 0.29) is 5.91 Å². The van der Waals surface area contributed by atoms with E-state index in [2.05, 4.69) is 29.8 Å². The first-order valence-corrected chi connectivity index (χ1v) is 8.77. The number of unbranched alkanes of at least 4 members (excludes halogenated alkanes) is 1. The Morgan fingerprint density at radius 1 is 1.15 bits per heavy atom. The molecular formula is C16H21NOS2. The van der Waals surface area contributed by atoms with Crippen molar-refractivity contribution in [2.24, 2.45) is 11.1 Å². The molecule has 20 heavy (non-hydrogen) atoms. The van der Waals surface area contributed by atoms with Crippen LogP contribution < -0.4 is 5.73 Å². The van der Waals surface area contributed by atoms with E-state index < -0.39 is 5.41 Å². The fraction of sp³-hybridized carbons (Fsp3) is 0.438. The molecule has 2 heterocycles. The van der Waals surface area contributed by atoms with Crippen molar-refractivity contribution in [3.05, 3.63) is 44.8 Å². The molecule has 0 bridgehead atoms. The molecule has 2 nitrogen and oxygen atoms in total. The predicted molar refractivity (Wildman–Crippen MR) is 87.2 cm³/mol. The number of hydrogen-bond acceptors (Lipinski definition) is 3. The van der Waals surface area contributed by atoms with Crippen LogP contribution in [0.4, 0.5) is 0 Å². The van der Waals surface area contributed by atoms with E-state index in [4.69, 9.17) is 5.73 Å². The van der Waals surface area contributed by atoms with Crippen LogP contribution in [0.1, 0.15) is 35.9 Å². The van der Waals surface area contributed by atoms with E-state index in [9.17, 15) is 4.79 Å². The molecule has 108 valence electrons. The molecule has 4 heteroatoms. The monoisotopic (exact) mass is 307 g/mol. The number of rotatable bonds is 8. The molecule has 0 saturated heterocycles. The molecule has 0 spiro atoms. The molecule has 0 fully saturated rings. The van der Waals surface area contributed by atoms with Gasteiger partial charge in [-0.2, -0.15) is 0 Å². The van der Waals surface area contributed by atoms with Crippen molar-refractivity contribution >= 4 is 28.6 Å². The summed E-state index contributed by atoms with van der Waals surface area (Å²) in [5.74, 6) is -0.159. The van der Waals surface area contributed by atoms with Gasteiger partial charge in [0.15, 0.2) is 0 Å². The third kappa shape index (κ3) is 3.70. The largest absolute Gasteiger partial charge is 0.369 e. The molecular weight excluding hydrogens is 286 g/mol. The maximum Gasteiger partial charge on any atom is 0.224 e. The molecule has 0 unspecified atom stereocenters. The van der Waals surface area contributed by atoms with Crippen molar-refractivity contribution in [1.82, 2.24) is 0 Å². The Kier molecular flexibility index (Phi) is 5.38. The highest BCUT2D eigenvalue weighted by molar-refractivity contribution is 7.10. The minimum atomic E-state index is -0.439. The van der Waals surface area contributed by atoms with Crippen molar-refractivity contribution in [3.63, 3.8) is 0 Å². The summed E-state index contributed by atoms with van der Waals surface area (Å²) in [6.45, 7) is 2.15. The second kappa shape index (κ2) is 7.04. The SMILES string of the molecule is CCCCC(Cc1cccs1)(Cc1cccs1)C(N)=O. The summed E-state index contributed by atoms with van der Waals surface area (Å²) in [7, 11) is 0. The average Bonchev–Trinajstić information content (AvgIpc) is 3.09. The van der Waals surface area contributed by atoms with Crippen molar-refractivity contribution < 1.29 is 4.79 Å². The van der Waals surface area contributed by atoms with Crippen molar-refractivity contribution in [2.75, 3.05) is 0 Å². The van der Waals surface area contributed by atoms with E-state index in [0.29, 0.717) is 0 Å². The Bertz CT molecular complexity index is 480. The molecule has 0 aliphatic rings. The Morgan fingerprint density at radius 2 is 1.70 bits per heavy atom. The third-order valence-corrected chi connectivity index (χ3v) is 5.47. The lowest BCUT2D eigenvalue weighted by molar-refractivity contribution is -0.128. The van der Waals surface area contributed by atoms with Gasteiger partial charge in [-0.3, -0.25) is 4.79 Å². The smallest absolute Gasteiger partial charge is 0.224 e. The van der Waals surface area contributed by atoms with Crippen molar-refractivity contribution in [3.8, 4) is 0 Å². The topological polar surface area (TPSA) is 43.1 Å². The maximum atomic E-state index is 12.2. The van der Waals surface area contributed by atoms with Crippen LogP contribution in [0, 0.1) is 5.41 Å². The summed E-state index contributed by atoms with van der Waals surface area (Å²) in [6.07, 6.45) is 4.52. The normalized spacial score (nSPS) is 11.7. The van der Waals surface area contributed by atoms with Gasteiger partial charge in [-0.05, 0) is 42.2 Å². The summed E-state index contributed by atoms with van der Waals surface area (Å²) in [5.41, 5.74) is 5.38. The van der Waals surface area contributed by atoms with E-state index in [0.717, 1.165) is 32.1 Å². The molecule has 2 N–H and O–H groups in total. The first-order chi connectivity index (χ1) is 9.66. The second-order valence-corrected chi connectivity index (χ2v) is 7.32. The number of carbonyl (C=O) groups excluding carboxylic acids is 1. The Morgan fingerprint density at radius 3 is 2.05 bits per heavy atom. The van der Waals surface area contributed by atoms with Gasteiger partial charge < -0.3 is 5.73 Å². The number of primary amides is 1. The van der Waals surface area contributed by atoms with Crippen LogP contribution in [0.15, 0.2) is 35.0 Å². The summed E-state index contributed by atoms with van der Waals surface area (Å²) in [5, 5.41) is 4.12. The van der Waals surface area contributed by atoms with Gasteiger partial charge in [-0.15, -0.1) is 22.7 Å². The van der Waals surface area contributed by atoms with Crippen molar-refractivity contribution in [1.29, 1.82) is 0 Å². The molecule has 1 amide bonds. The first kappa shape index (κ1) is 15.3. The number of thiophene rings is 2. The summed E-state index contributed by atoms with van der Waals surface area (Å²) in [6, 6.07) is 8.28. The van der Waals surface area contributed by atoms with Gasteiger partial charge in [-0.1, -0.05) is 31.9 Å². The summed E-state index contributed by atoms with van der Waals surface area (Å²) >= 11 is 3.42. The molecule has 0 aliphatic carbocycles. The molecule has 0 saturated carbocycles. The summed E-state index contributed by atoms with van der Waals surface area (Å²) < 4.78 is 0. The number of nitrogens with two attached hydrogens (primary N) is 1. The fourth-order valence-electron chi connectivity index (χ4n) is 2.55. The predicted octanol–water partition coefficient (Wildman–Crippen LogP) is 4.26. The van der Waals surface area contributed by atoms with Crippen molar-refractivity contribution in [2.45, 2.75) is 39.0 Å². The zero-order valence-corrected chi connectivity index (χ0v) is 13.4. The Balaban J connectivity index is 2.25. The van der Waals surface area contributed by atoms with Gasteiger partial charge in [0.25, 0.3) is 0 Å². The zero-order chi connectivity index (χ0) is 14.4. The van der Waals surface area contributed by atoms with Gasteiger partial charge in [-0.25, -0.2) is 0 Å². The molecule has 0 atom stereocenters. The maximum absolute atomic E-state index is 12.2. The van der Waals surface area contributed by atoms with Crippen LogP contribution in [0.5, 0.6) is 0 Å². The van der Waals surface area contributed by atoms with Crippen LogP contribution in [0.2, 0.25) is 0 Å². The highest BCUT2D eigenvalue weighted by Crippen LogP contribution is 2.35. The minimum absolute atomic E-state index is 0.159. The van der Waals surface area contributed by atoms with Crippen LogP contribution in [-0.4, -0.2) is 5.91 Å². The first-order valence-electron chi connectivity index (χ1n) is 7.01. The number of carbonyl (C=O) groups is 1. The van der Waals surface area contributed by atoms with Gasteiger partial charge in [0, 0.05) is 9.75 Å². The summed E-state index contributed by atoms with van der Waals surface area (Å²) in [4.78, 5) is 14.7. The van der Waals surface area contributed by atoms with Crippen LogP contribution in [-0.2, 0) is 17.6 Å². The highest BCUT2D eigenvalue weighted by Gasteiger charge is 2.37. The Hall–Kier alpha value is -1.13. The molecule has 2 aromatic rings. The van der Waals surface area contributed by atoms with E-state index in [1.807, 2.05) is 12.1 Å². The van der Waals surface area contributed by atoms with Gasteiger partial charge in [0.05, 0.1) is 5.41 Å². The molecule has 2 rings (SSSR count). The lowest BCUT2D eigenvalue weighted by Crippen LogP contribution is -2.40. The van der Waals surface area contributed by atoms with Gasteiger partial charge >= 0.3 is 0 Å². The van der Waals surface area contributed by atoms with Gasteiger partial charge in [0.1, 0.15) is 0 Å². The minimum Gasteiger partial charge on any atom is -0.369 e. The fourth-order valence-corrected chi connectivity index (χ4v) is 4.24. The van der Waals surface area contributed by atoms with Crippen LogP contribution in [0.25, 0.3) is 0 Å². The lowest BCUT2D eigenvalue weighted by Gasteiger charge is -2.30. The molecule has 2 aromatic heterocycles. The standard InChI is InChI=1S/C16H21NOS2/c1-2-3-8-16(15(17)18,11-13-6-4-9-19-13)12-14-7-5-10-20-14/h4-7,9-10H,2-3,8,11-12H2,1H3,(H2,17,18). The van der Waals surface area contributed by atoms with E-state index in [1.54, 1.807) is 22.7 Å². The number of amides is 1. The zero-order valence-electron chi connectivity index (χ0n) is 11.8. The molecule has 0 radical (unpaired) electrons. The Labute approximate surface area is 128 Å². The average molecular weight is 307 g/mol. The number of hydrogen-bond donors (Lipinski definition) is 1. The van der Waals surface area contributed by atoms with Crippen LogP contribution in [0.3, 0.4) is 0 Å². The third-order valence-electron chi connectivity index (χ3n) is 3.72. The molecule has 0 aromatic carbocycles. The quantitative estimate of drug-likeness (QED) is 0.778. The molecule has 0 aliphatic heterocycles. The van der Waals surface area contributed by atoms with Gasteiger partial charge in [0.2, 0.25) is 5.91 Å². The highest BCUT2D eigenvalue weighted by atomic mass is 32.1. The lowest BCUT2D eigenvalue weighted by atomic mass is 9.75. The second-order valence-electron chi connectivity index (χ2n) is 5.26.